The Labute approximate surface area is 134 Å². The summed E-state index contributed by atoms with van der Waals surface area (Å²) in [5, 5.41) is 4.12. The number of hydrogen-bond acceptors (Lipinski definition) is 4. The van der Waals surface area contributed by atoms with Crippen molar-refractivity contribution in [2.75, 3.05) is 4.72 Å². The summed E-state index contributed by atoms with van der Waals surface area (Å²) < 4.78 is 29.0. The second-order valence-electron chi connectivity index (χ2n) is 5.16. The first kappa shape index (κ1) is 15.2. The first-order chi connectivity index (χ1) is 11.0. The minimum Gasteiger partial charge on any atom is -0.278 e. The first-order valence-corrected chi connectivity index (χ1v) is 8.53. The molecule has 0 saturated heterocycles. The van der Waals surface area contributed by atoms with Gasteiger partial charge in [0.25, 0.3) is 10.0 Å². The second-order valence-corrected chi connectivity index (χ2v) is 6.84. The van der Waals surface area contributed by atoms with E-state index in [9.17, 15) is 8.42 Å². The van der Waals surface area contributed by atoms with E-state index in [0.29, 0.717) is 12.2 Å². The number of nitrogens with zero attached hydrogens (tertiary/aromatic N) is 3. The summed E-state index contributed by atoms with van der Waals surface area (Å²) >= 11 is 0. The van der Waals surface area contributed by atoms with E-state index >= 15 is 0 Å². The Kier molecular flexibility index (Phi) is 4.12. The molecule has 0 spiro atoms. The van der Waals surface area contributed by atoms with Crippen LogP contribution in [0, 0.1) is 6.92 Å². The summed E-state index contributed by atoms with van der Waals surface area (Å²) in [7, 11) is -3.68. The Morgan fingerprint density at radius 1 is 1.13 bits per heavy atom. The van der Waals surface area contributed by atoms with Crippen molar-refractivity contribution in [3.8, 4) is 0 Å². The van der Waals surface area contributed by atoms with Crippen LogP contribution in [-0.4, -0.2) is 23.2 Å². The number of anilines is 1. The van der Waals surface area contributed by atoms with Crippen LogP contribution in [0.3, 0.4) is 0 Å². The van der Waals surface area contributed by atoms with Gasteiger partial charge in [0.2, 0.25) is 0 Å². The summed E-state index contributed by atoms with van der Waals surface area (Å²) in [6.07, 6.45) is 5.96. The normalized spacial score (nSPS) is 11.3. The fourth-order valence-electron chi connectivity index (χ4n) is 2.11. The van der Waals surface area contributed by atoms with Crippen molar-refractivity contribution in [2.45, 2.75) is 18.4 Å². The second kappa shape index (κ2) is 6.21. The minimum absolute atomic E-state index is 0.122. The number of aryl methyl sites for hydroxylation is 1. The zero-order valence-electron chi connectivity index (χ0n) is 12.5. The molecule has 3 rings (SSSR count). The topological polar surface area (TPSA) is 76.9 Å². The molecule has 23 heavy (non-hydrogen) atoms. The van der Waals surface area contributed by atoms with Crippen molar-refractivity contribution in [1.82, 2.24) is 14.8 Å². The predicted molar refractivity (Wildman–Crippen MR) is 87.6 cm³/mol. The number of sulfonamides is 1. The van der Waals surface area contributed by atoms with Crippen LogP contribution < -0.4 is 4.72 Å². The van der Waals surface area contributed by atoms with Gasteiger partial charge in [0, 0.05) is 12.4 Å². The van der Waals surface area contributed by atoms with E-state index in [1.165, 1.54) is 18.6 Å². The van der Waals surface area contributed by atoms with Gasteiger partial charge in [-0.2, -0.15) is 5.10 Å². The van der Waals surface area contributed by atoms with Crippen LogP contribution in [0.15, 0.2) is 66.1 Å². The lowest BCUT2D eigenvalue weighted by Crippen LogP contribution is -2.13. The maximum Gasteiger partial charge on any atom is 0.265 e. The average Bonchev–Trinajstić information content (AvgIpc) is 3.00. The zero-order chi connectivity index (χ0) is 16.3. The van der Waals surface area contributed by atoms with Gasteiger partial charge < -0.3 is 0 Å². The lowest BCUT2D eigenvalue weighted by molar-refractivity contribution is 0.600. The molecule has 0 atom stereocenters. The van der Waals surface area contributed by atoms with Gasteiger partial charge in [0.15, 0.2) is 0 Å². The quantitative estimate of drug-likeness (QED) is 0.780. The molecule has 6 nitrogen and oxygen atoms in total. The molecular formula is C16H16N4O2S. The monoisotopic (exact) mass is 328 g/mol. The molecule has 0 fully saturated rings. The molecule has 0 saturated carbocycles. The van der Waals surface area contributed by atoms with Gasteiger partial charge >= 0.3 is 0 Å². The van der Waals surface area contributed by atoms with E-state index in [0.717, 1.165) is 11.1 Å². The molecule has 0 amide bonds. The van der Waals surface area contributed by atoms with E-state index in [1.54, 1.807) is 16.9 Å². The average molecular weight is 328 g/mol. The Balaban J connectivity index is 1.80. The van der Waals surface area contributed by atoms with Crippen LogP contribution in [0.25, 0.3) is 0 Å². The molecule has 0 aliphatic rings. The lowest BCUT2D eigenvalue weighted by atomic mass is 10.2. The van der Waals surface area contributed by atoms with E-state index in [1.807, 2.05) is 37.3 Å². The fourth-order valence-corrected chi connectivity index (χ4v) is 3.18. The molecule has 1 aromatic carbocycles. The smallest absolute Gasteiger partial charge is 0.265 e. The van der Waals surface area contributed by atoms with Crippen LogP contribution in [-0.2, 0) is 16.6 Å². The largest absolute Gasteiger partial charge is 0.278 e. The highest BCUT2D eigenvalue weighted by molar-refractivity contribution is 7.92. The molecule has 0 aliphatic carbocycles. The standard InChI is InChI=1S/C16H16N4O2S/c1-13-7-8-17-10-16(13)19-23(21,22)15-9-18-20(12-15)11-14-5-3-2-4-6-14/h2-10,12,19H,11H2,1H3. The van der Waals surface area contributed by atoms with Gasteiger partial charge in [-0.15, -0.1) is 0 Å². The van der Waals surface area contributed by atoms with Gasteiger partial charge in [-0.25, -0.2) is 8.42 Å². The van der Waals surface area contributed by atoms with Crippen LogP contribution >= 0.6 is 0 Å². The van der Waals surface area contributed by atoms with Gasteiger partial charge in [0.05, 0.1) is 24.6 Å². The van der Waals surface area contributed by atoms with Crippen molar-refractivity contribution in [2.24, 2.45) is 0 Å². The van der Waals surface area contributed by atoms with E-state index in [4.69, 9.17) is 0 Å². The summed E-state index contributed by atoms with van der Waals surface area (Å²) in [4.78, 5) is 4.06. The van der Waals surface area contributed by atoms with Crippen LogP contribution in [0.4, 0.5) is 5.69 Å². The van der Waals surface area contributed by atoms with Crippen LogP contribution in [0.2, 0.25) is 0 Å². The SMILES string of the molecule is Cc1ccncc1NS(=O)(=O)c1cnn(Cc2ccccc2)c1. The van der Waals surface area contributed by atoms with Gasteiger partial charge in [-0.3, -0.25) is 14.4 Å². The fraction of sp³-hybridized carbons (Fsp3) is 0.125. The summed E-state index contributed by atoms with van der Waals surface area (Å²) in [5.41, 5.74) is 2.32. The third kappa shape index (κ3) is 3.57. The number of aromatic nitrogens is 3. The van der Waals surface area contributed by atoms with Gasteiger partial charge in [0.1, 0.15) is 4.90 Å². The molecule has 3 aromatic rings. The molecule has 2 aromatic heterocycles. The van der Waals surface area contributed by atoms with Crippen LogP contribution in [0.1, 0.15) is 11.1 Å². The number of hydrogen-bond donors (Lipinski definition) is 1. The maximum atomic E-state index is 12.4. The Morgan fingerprint density at radius 3 is 2.65 bits per heavy atom. The molecule has 0 radical (unpaired) electrons. The molecule has 0 bridgehead atoms. The number of rotatable bonds is 5. The molecule has 1 N–H and O–H groups in total. The molecule has 7 heteroatoms. The summed E-state index contributed by atoms with van der Waals surface area (Å²) in [6, 6.07) is 11.5. The van der Waals surface area contributed by atoms with Crippen molar-refractivity contribution >= 4 is 15.7 Å². The van der Waals surface area contributed by atoms with Crippen molar-refractivity contribution in [1.29, 1.82) is 0 Å². The van der Waals surface area contributed by atoms with Crippen molar-refractivity contribution < 1.29 is 8.42 Å². The zero-order valence-corrected chi connectivity index (χ0v) is 13.4. The third-order valence-corrected chi connectivity index (χ3v) is 4.71. The third-order valence-electron chi connectivity index (χ3n) is 3.39. The molecule has 2 heterocycles. The lowest BCUT2D eigenvalue weighted by Gasteiger charge is -2.08. The molecule has 118 valence electrons. The number of benzene rings is 1. The van der Waals surface area contributed by atoms with E-state index in [2.05, 4.69) is 14.8 Å². The van der Waals surface area contributed by atoms with E-state index in [-0.39, 0.29) is 4.90 Å². The van der Waals surface area contributed by atoms with Crippen LogP contribution in [0.5, 0.6) is 0 Å². The highest BCUT2D eigenvalue weighted by Crippen LogP contribution is 2.18. The van der Waals surface area contributed by atoms with Gasteiger partial charge in [-0.05, 0) is 24.1 Å². The molecular weight excluding hydrogens is 312 g/mol. The highest BCUT2D eigenvalue weighted by Gasteiger charge is 2.17. The van der Waals surface area contributed by atoms with E-state index < -0.39 is 10.0 Å². The number of nitrogens with one attached hydrogen (secondary N) is 1. The molecule has 0 aliphatic heterocycles. The Bertz CT molecular complexity index is 905. The van der Waals surface area contributed by atoms with Crippen molar-refractivity contribution in [3.63, 3.8) is 0 Å². The summed E-state index contributed by atoms with van der Waals surface area (Å²) in [6.45, 7) is 2.33. The highest BCUT2D eigenvalue weighted by atomic mass is 32.2. The minimum atomic E-state index is -3.68. The number of pyridine rings is 1. The molecule has 0 unspecified atom stereocenters. The Morgan fingerprint density at radius 2 is 1.91 bits per heavy atom. The summed E-state index contributed by atoms with van der Waals surface area (Å²) in [5.74, 6) is 0. The van der Waals surface area contributed by atoms with Crippen molar-refractivity contribution in [3.05, 3.63) is 72.3 Å². The maximum absolute atomic E-state index is 12.4. The first-order valence-electron chi connectivity index (χ1n) is 7.04. The Hall–Kier alpha value is -2.67. The van der Waals surface area contributed by atoms with Gasteiger partial charge in [-0.1, -0.05) is 30.3 Å². The predicted octanol–water partition coefficient (Wildman–Crippen LogP) is 2.44.